The summed E-state index contributed by atoms with van der Waals surface area (Å²) in [5.74, 6) is -0.735. The van der Waals surface area contributed by atoms with Crippen molar-refractivity contribution in [2.24, 2.45) is 0 Å². The van der Waals surface area contributed by atoms with Gasteiger partial charge in [0, 0.05) is 13.1 Å². The van der Waals surface area contributed by atoms with Gasteiger partial charge in [-0.25, -0.2) is 8.42 Å². The van der Waals surface area contributed by atoms with E-state index in [1.165, 1.54) is 4.90 Å². The lowest BCUT2D eigenvalue weighted by Gasteiger charge is -2.32. The van der Waals surface area contributed by atoms with Crippen molar-refractivity contribution in [3.05, 3.63) is 95.1 Å². The molecule has 0 aromatic heterocycles. The Hall–Kier alpha value is -3.65. The third-order valence-electron chi connectivity index (χ3n) is 6.81. The normalized spacial score (nSPS) is 12.0. The van der Waals surface area contributed by atoms with Crippen LogP contribution in [0.15, 0.2) is 77.7 Å². The lowest BCUT2D eigenvalue weighted by atomic mass is 10.1. The van der Waals surface area contributed by atoms with E-state index in [1.54, 1.807) is 43.3 Å². The van der Waals surface area contributed by atoms with Gasteiger partial charge in [-0.1, -0.05) is 73.0 Å². The quantitative estimate of drug-likeness (QED) is 0.317. The van der Waals surface area contributed by atoms with E-state index in [9.17, 15) is 18.0 Å². The maximum Gasteiger partial charge on any atom is 0.264 e. The highest BCUT2D eigenvalue weighted by Crippen LogP contribution is 2.25. The molecule has 1 N–H and O–H groups in total. The highest BCUT2D eigenvalue weighted by Gasteiger charge is 2.32. The molecule has 208 valence electrons. The largest absolute Gasteiger partial charge is 0.354 e. The summed E-state index contributed by atoms with van der Waals surface area (Å²) in [7, 11) is -4.07. The molecule has 2 amide bonds. The van der Waals surface area contributed by atoms with Crippen LogP contribution in [0.4, 0.5) is 5.69 Å². The summed E-state index contributed by atoms with van der Waals surface area (Å²) in [5, 5.41) is 2.91. The average Bonchev–Trinajstić information content (AvgIpc) is 2.91. The monoisotopic (exact) mass is 549 g/mol. The number of nitrogens with one attached hydrogen (secondary N) is 1. The van der Waals surface area contributed by atoms with Crippen LogP contribution in [0, 0.1) is 20.8 Å². The molecule has 0 heterocycles. The second kappa shape index (κ2) is 13.4. The van der Waals surface area contributed by atoms with Crippen molar-refractivity contribution in [2.45, 2.75) is 64.9 Å². The summed E-state index contributed by atoms with van der Waals surface area (Å²) in [6.07, 6.45) is 1.77. The molecule has 3 rings (SSSR count). The van der Waals surface area contributed by atoms with Crippen molar-refractivity contribution < 1.29 is 18.0 Å². The molecule has 3 aromatic rings. The van der Waals surface area contributed by atoms with E-state index in [-0.39, 0.29) is 17.3 Å². The minimum absolute atomic E-state index is 0.0947. The zero-order valence-corrected chi connectivity index (χ0v) is 24.3. The van der Waals surface area contributed by atoms with Gasteiger partial charge in [0.15, 0.2) is 0 Å². The van der Waals surface area contributed by atoms with E-state index < -0.39 is 28.5 Å². The van der Waals surface area contributed by atoms with Gasteiger partial charge < -0.3 is 10.2 Å². The molecule has 1 atom stereocenters. The third kappa shape index (κ3) is 7.69. The summed E-state index contributed by atoms with van der Waals surface area (Å²) in [6, 6.07) is 20.4. The molecule has 0 fully saturated rings. The molecule has 39 heavy (non-hydrogen) atoms. The Kier molecular flexibility index (Phi) is 10.3. The van der Waals surface area contributed by atoms with Crippen LogP contribution in [0.5, 0.6) is 0 Å². The zero-order chi connectivity index (χ0) is 28.6. The van der Waals surface area contributed by atoms with E-state index in [4.69, 9.17) is 0 Å². The number of hydrogen-bond donors (Lipinski definition) is 1. The maximum atomic E-state index is 14.0. The lowest BCUT2D eigenvalue weighted by molar-refractivity contribution is -0.139. The highest BCUT2D eigenvalue weighted by molar-refractivity contribution is 7.92. The van der Waals surface area contributed by atoms with Crippen molar-refractivity contribution in [1.29, 1.82) is 0 Å². The van der Waals surface area contributed by atoms with Crippen LogP contribution in [0.2, 0.25) is 0 Å². The van der Waals surface area contributed by atoms with Gasteiger partial charge >= 0.3 is 0 Å². The Morgan fingerprint density at radius 1 is 0.872 bits per heavy atom. The fourth-order valence-electron chi connectivity index (χ4n) is 4.17. The number of nitrogens with zero attached hydrogens (tertiary/aromatic N) is 2. The Bertz CT molecular complexity index is 1370. The molecule has 0 aliphatic heterocycles. The second-order valence-corrected chi connectivity index (χ2v) is 11.8. The van der Waals surface area contributed by atoms with Gasteiger partial charge in [-0.3, -0.25) is 13.9 Å². The summed E-state index contributed by atoms with van der Waals surface area (Å²) in [6.45, 7) is 9.72. The van der Waals surface area contributed by atoms with Gasteiger partial charge in [0.2, 0.25) is 11.8 Å². The molecule has 0 bridgehead atoms. The van der Waals surface area contributed by atoms with E-state index in [0.29, 0.717) is 12.2 Å². The predicted molar refractivity (Wildman–Crippen MR) is 156 cm³/mol. The fourth-order valence-corrected chi connectivity index (χ4v) is 5.58. The first-order valence-corrected chi connectivity index (χ1v) is 14.8. The number of carbonyl (C=O) groups excluding carboxylic acids is 2. The van der Waals surface area contributed by atoms with Crippen LogP contribution in [0.25, 0.3) is 0 Å². The molecule has 1 unspecified atom stereocenters. The molecule has 0 saturated carbocycles. The fraction of sp³-hybridized carbons (Fsp3) is 0.355. The van der Waals surface area contributed by atoms with Crippen LogP contribution >= 0.6 is 0 Å². The second-order valence-electron chi connectivity index (χ2n) is 9.93. The molecular weight excluding hydrogens is 510 g/mol. The molecule has 8 heteroatoms. The third-order valence-corrected chi connectivity index (χ3v) is 8.60. The Morgan fingerprint density at radius 3 is 2.05 bits per heavy atom. The Labute approximate surface area is 232 Å². The number of benzene rings is 3. The zero-order valence-electron chi connectivity index (χ0n) is 23.5. The molecule has 3 aromatic carbocycles. The van der Waals surface area contributed by atoms with Crippen LogP contribution in [0.1, 0.15) is 48.9 Å². The molecule has 0 spiro atoms. The van der Waals surface area contributed by atoms with E-state index in [1.807, 2.05) is 64.1 Å². The van der Waals surface area contributed by atoms with Gasteiger partial charge in [-0.2, -0.15) is 0 Å². The van der Waals surface area contributed by atoms with Crippen molar-refractivity contribution in [3.63, 3.8) is 0 Å². The number of anilines is 1. The van der Waals surface area contributed by atoms with Gasteiger partial charge in [-0.05, 0) is 69.5 Å². The molecule has 0 aliphatic carbocycles. The molecular formula is C31H39N3O4S. The summed E-state index contributed by atoms with van der Waals surface area (Å²) >= 11 is 0. The number of sulfonamides is 1. The van der Waals surface area contributed by atoms with Crippen LogP contribution in [-0.2, 0) is 26.2 Å². The predicted octanol–water partition coefficient (Wildman–Crippen LogP) is 5.14. The maximum absolute atomic E-state index is 14.0. The van der Waals surface area contributed by atoms with Crippen LogP contribution < -0.4 is 9.62 Å². The number of aryl methyl sites for hydroxylation is 3. The summed E-state index contributed by atoms with van der Waals surface area (Å²) in [5.41, 5.74) is 4.15. The lowest BCUT2D eigenvalue weighted by Crippen LogP contribution is -2.51. The van der Waals surface area contributed by atoms with E-state index in [2.05, 4.69) is 5.32 Å². The number of hydrogen-bond acceptors (Lipinski definition) is 4. The van der Waals surface area contributed by atoms with Crippen molar-refractivity contribution in [2.75, 3.05) is 17.4 Å². The first kappa shape index (κ1) is 29.9. The SMILES string of the molecule is CCCCNC(=O)C(C)N(Cc1ccccc1C)C(=O)CN(c1ccc(C)cc1)S(=O)(=O)c1ccc(C)cc1. The van der Waals surface area contributed by atoms with E-state index >= 15 is 0 Å². The Morgan fingerprint density at radius 2 is 1.46 bits per heavy atom. The van der Waals surface area contributed by atoms with Crippen molar-refractivity contribution in [3.8, 4) is 0 Å². The highest BCUT2D eigenvalue weighted by atomic mass is 32.2. The van der Waals surface area contributed by atoms with E-state index in [0.717, 1.165) is 39.4 Å². The topological polar surface area (TPSA) is 86.8 Å². The number of carbonyl (C=O) groups is 2. The summed E-state index contributed by atoms with van der Waals surface area (Å²) < 4.78 is 28.8. The van der Waals surface area contributed by atoms with Gasteiger partial charge in [0.05, 0.1) is 10.6 Å². The molecule has 0 saturated heterocycles. The minimum atomic E-state index is -4.07. The van der Waals surface area contributed by atoms with Gasteiger partial charge in [0.1, 0.15) is 12.6 Å². The standard InChI is InChI=1S/C31H39N3O4S/c1-6-7-20-32-31(36)26(5)33(21-27-11-9-8-10-25(27)4)30(35)22-34(28-16-12-23(2)13-17-28)39(37,38)29-18-14-24(3)15-19-29/h8-19,26H,6-7,20-22H2,1-5H3,(H,32,36). The number of rotatable bonds is 12. The smallest absolute Gasteiger partial charge is 0.264 e. The van der Waals surface area contributed by atoms with Crippen LogP contribution in [-0.4, -0.2) is 44.3 Å². The van der Waals surface area contributed by atoms with Gasteiger partial charge in [0.25, 0.3) is 10.0 Å². The molecule has 0 radical (unpaired) electrons. The summed E-state index contributed by atoms with van der Waals surface area (Å²) in [4.78, 5) is 28.6. The molecule has 0 aliphatic rings. The van der Waals surface area contributed by atoms with Crippen molar-refractivity contribution in [1.82, 2.24) is 10.2 Å². The number of unbranched alkanes of at least 4 members (excludes halogenated alkanes) is 1. The number of amides is 2. The minimum Gasteiger partial charge on any atom is -0.354 e. The first-order valence-electron chi connectivity index (χ1n) is 13.3. The van der Waals surface area contributed by atoms with Crippen molar-refractivity contribution >= 4 is 27.5 Å². The van der Waals surface area contributed by atoms with Gasteiger partial charge in [-0.15, -0.1) is 0 Å². The average molecular weight is 550 g/mol. The van der Waals surface area contributed by atoms with Crippen LogP contribution in [0.3, 0.4) is 0 Å². The first-order chi connectivity index (χ1) is 18.5. The molecule has 7 nitrogen and oxygen atoms in total. The Balaban J connectivity index is 2.00.